The first kappa shape index (κ1) is 9.24. The van der Waals surface area contributed by atoms with Crippen molar-refractivity contribution in [3.63, 3.8) is 0 Å². The number of hydrogen-bond donors (Lipinski definition) is 1. The highest BCUT2D eigenvalue weighted by Crippen LogP contribution is 2.17. The zero-order chi connectivity index (χ0) is 8.81. The summed E-state index contributed by atoms with van der Waals surface area (Å²) in [5, 5.41) is 8.56. The minimum Gasteiger partial charge on any atom is -0.330 e. The molecule has 0 saturated heterocycles. The summed E-state index contributed by atoms with van der Waals surface area (Å²) >= 11 is 1.58. The molecule has 1 rings (SSSR count). The van der Waals surface area contributed by atoms with Crippen LogP contribution in [0, 0.1) is 11.3 Å². The van der Waals surface area contributed by atoms with E-state index in [-0.39, 0.29) is 0 Å². The van der Waals surface area contributed by atoms with E-state index in [2.05, 4.69) is 6.07 Å². The molecule has 0 aliphatic heterocycles. The zero-order valence-electron chi connectivity index (χ0n) is 6.92. The molecule has 0 aliphatic carbocycles. The first-order chi connectivity index (χ1) is 5.86. The lowest BCUT2D eigenvalue weighted by Crippen LogP contribution is -1.98. The molecular formula is C9H12N2S. The first-order valence-corrected chi connectivity index (χ1v) is 4.87. The van der Waals surface area contributed by atoms with Crippen molar-refractivity contribution in [1.29, 1.82) is 5.26 Å². The zero-order valence-corrected chi connectivity index (χ0v) is 7.73. The van der Waals surface area contributed by atoms with Crippen LogP contribution in [-0.4, -0.2) is 6.54 Å². The van der Waals surface area contributed by atoms with E-state index in [0.717, 1.165) is 30.7 Å². The molecule has 2 nitrogen and oxygen atoms in total. The number of nitriles is 1. The Morgan fingerprint density at radius 2 is 2.25 bits per heavy atom. The molecule has 1 aromatic heterocycles. The highest BCUT2D eigenvalue weighted by atomic mass is 32.1. The molecule has 0 aliphatic rings. The fourth-order valence-electron chi connectivity index (χ4n) is 1.02. The average Bonchev–Trinajstić information content (AvgIpc) is 2.53. The van der Waals surface area contributed by atoms with Crippen LogP contribution >= 0.6 is 11.3 Å². The largest absolute Gasteiger partial charge is 0.330 e. The van der Waals surface area contributed by atoms with Gasteiger partial charge in [0, 0.05) is 4.88 Å². The van der Waals surface area contributed by atoms with Crippen LogP contribution in [-0.2, 0) is 6.42 Å². The molecule has 0 amide bonds. The lowest BCUT2D eigenvalue weighted by atomic mass is 10.2. The van der Waals surface area contributed by atoms with Gasteiger partial charge in [-0.15, -0.1) is 11.3 Å². The van der Waals surface area contributed by atoms with Crippen molar-refractivity contribution in [2.45, 2.75) is 19.3 Å². The standard InChI is InChI=1S/C9H12N2S/c10-6-2-1-3-8-4-5-9(7-11)12-8/h4-5H,1-3,6,10H2. The number of thiophene rings is 1. The fraction of sp³-hybridized carbons (Fsp3) is 0.444. The summed E-state index contributed by atoms with van der Waals surface area (Å²) in [7, 11) is 0. The maximum Gasteiger partial charge on any atom is 0.110 e. The second-order valence-electron chi connectivity index (χ2n) is 2.62. The molecule has 1 aromatic rings. The van der Waals surface area contributed by atoms with Crippen LogP contribution in [0.25, 0.3) is 0 Å². The Hall–Kier alpha value is -0.850. The second-order valence-corrected chi connectivity index (χ2v) is 3.79. The number of unbranched alkanes of at least 4 members (excludes halogenated alkanes) is 1. The van der Waals surface area contributed by atoms with Crippen LogP contribution in [0.3, 0.4) is 0 Å². The van der Waals surface area contributed by atoms with E-state index in [1.165, 1.54) is 4.88 Å². The van der Waals surface area contributed by atoms with Crippen LogP contribution in [0.1, 0.15) is 22.6 Å². The van der Waals surface area contributed by atoms with Gasteiger partial charge in [-0.25, -0.2) is 0 Å². The van der Waals surface area contributed by atoms with E-state index in [1.807, 2.05) is 12.1 Å². The lowest BCUT2D eigenvalue weighted by Gasteiger charge is -1.93. The van der Waals surface area contributed by atoms with E-state index < -0.39 is 0 Å². The third-order valence-corrected chi connectivity index (χ3v) is 2.70. The van der Waals surface area contributed by atoms with Gasteiger partial charge in [-0.2, -0.15) is 5.26 Å². The third-order valence-electron chi connectivity index (χ3n) is 1.65. The molecule has 0 fully saturated rings. The third kappa shape index (κ3) is 2.65. The fourth-order valence-corrected chi connectivity index (χ4v) is 1.86. The highest BCUT2D eigenvalue weighted by Gasteiger charge is 1.97. The molecule has 64 valence electrons. The summed E-state index contributed by atoms with van der Waals surface area (Å²) < 4.78 is 0. The SMILES string of the molecule is N#Cc1ccc(CCCCN)s1. The number of aryl methyl sites for hydroxylation is 1. The summed E-state index contributed by atoms with van der Waals surface area (Å²) in [6.07, 6.45) is 3.26. The van der Waals surface area contributed by atoms with Crippen molar-refractivity contribution >= 4 is 11.3 Å². The van der Waals surface area contributed by atoms with Crippen LogP contribution in [0.5, 0.6) is 0 Å². The average molecular weight is 180 g/mol. The predicted molar refractivity (Wildman–Crippen MR) is 51.0 cm³/mol. The Kier molecular flexibility index (Phi) is 3.78. The van der Waals surface area contributed by atoms with Crippen molar-refractivity contribution in [3.05, 3.63) is 21.9 Å². The Morgan fingerprint density at radius 3 is 2.83 bits per heavy atom. The molecular weight excluding hydrogens is 168 g/mol. The van der Waals surface area contributed by atoms with Gasteiger partial charge in [-0.1, -0.05) is 0 Å². The maximum absolute atomic E-state index is 8.56. The van der Waals surface area contributed by atoms with Crippen molar-refractivity contribution < 1.29 is 0 Å². The summed E-state index contributed by atoms with van der Waals surface area (Å²) in [6, 6.07) is 6.04. The smallest absolute Gasteiger partial charge is 0.110 e. The van der Waals surface area contributed by atoms with Gasteiger partial charge in [-0.05, 0) is 37.9 Å². The normalized spacial score (nSPS) is 9.67. The predicted octanol–water partition coefficient (Wildman–Crippen LogP) is 1.90. The maximum atomic E-state index is 8.56. The Bertz CT molecular complexity index is 272. The monoisotopic (exact) mass is 180 g/mol. The van der Waals surface area contributed by atoms with E-state index in [1.54, 1.807) is 11.3 Å². The minimum atomic E-state index is 0.760. The van der Waals surface area contributed by atoms with Gasteiger partial charge in [0.15, 0.2) is 0 Å². The molecule has 0 bridgehead atoms. The Labute approximate surface area is 76.6 Å². The molecule has 12 heavy (non-hydrogen) atoms. The van der Waals surface area contributed by atoms with Gasteiger partial charge in [0.05, 0.1) is 0 Å². The van der Waals surface area contributed by atoms with Crippen LogP contribution in [0.15, 0.2) is 12.1 Å². The first-order valence-electron chi connectivity index (χ1n) is 4.05. The molecule has 0 unspecified atom stereocenters. The van der Waals surface area contributed by atoms with Crippen LogP contribution in [0.4, 0.5) is 0 Å². The number of nitrogens with two attached hydrogens (primary N) is 1. The van der Waals surface area contributed by atoms with Crippen LogP contribution < -0.4 is 5.73 Å². The summed E-state index contributed by atoms with van der Waals surface area (Å²) in [5.74, 6) is 0. The van der Waals surface area contributed by atoms with Gasteiger partial charge in [0.25, 0.3) is 0 Å². The van der Waals surface area contributed by atoms with Gasteiger partial charge >= 0.3 is 0 Å². The topological polar surface area (TPSA) is 49.8 Å². The van der Waals surface area contributed by atoms with Crippen LogP contribution in [0.2, 0.25) is 0 Å². The second kappa shape index (κ2) is 4.91. The van der Waals surface area contributed by atoms with Crippen molar-refractivity contribution in [1.82, 2.24) is 0 Å². The van der Waals surface area contributed by atoms with Gasteiger partial charge < -0.3 is 5.73 Å². The summed E-state index contributed by atoms with van der Waals surface area (Å²) in [6.45, 7) is 0.760. The number of nitrogens with zero attached hydrogens (tertiary/aromatic N) is 1. The van der Waals surface area contributed by atoms with Gasteiger partial charge in [0.2, 0.25) is 0 Å². The Balaban J connectivity index is 2.38. The molecule has 0 spiro atoms. The number of hydrogen-bond acceptors (Lipinski definition) is 3. The van der Waals surface area contributed by atoms with E-state index in [9.17, 15) is 0 Å². The van der Waals surface area contributed by atoms with E-state index >= 15 is 0 Å². The van der Waals surface area contributed by atoms with Crippen molar-refractivity contribution in [2.24, 2.45) is 5.73 Å². The van der Waals surface area contributed by atoms with E-state index in [0.29, 0.717) is 0 Å². The molecule has 3 heteroatoms. The summed E-state index contributed by atoms with van der Waals surface area (Å²) in [5.41, 5.74) is 5.38. The highest BCUT2D eigenvalue weighted by molar-refractivity contribution is 7.12. The molecule has 0 aromatic carbocycles. The minimum absolute atomic E-state index is 0.760. The number of rotatable bonds is 4. The molecule has 1 heterocycles. The van der Waals surface area contributed by atoms with Gasteiger partial charge in [-0.3, -0.25) is 0 Å². The lowest BCUT2D eigenvalue weighted by molar-refractivity contribution is 0.751. The van der Waals surface area contributed by atoms with Gasteiger partial charge in [0.1, 0.15) is 10.9 Å². The molecule has 0 saturated carbocycles. The summed E-state index contributed by atoms with van der Waals surface area (Å²) in [4.78, 5) is 2.10. The molecule has 0 atom stereocenters. The van der Waals surface area contributed by atoms with Crippen molar-refractivity contribution in [2.75, 3.05) is 6.54 Å². The van der Waals surface area contributed by atoms with E-state index in [4.69, 9.17) is 11.0 Å². The molecule has 2 N–H and O–H groups in total. The van der Waals surface area contributed by atoms with Crippen molar-refractivity contribution in [3.8, 4) is 6.07 Å². The Morgan fingerprint density at radius 1 is 1.42 bits per heavy atom. The quantitative estimate of drug-likeness (QED) is 0.719. The molecule has 0 radical (unpaired) electrons.